The molecule has 0 bridgehead atoms. The van der Waals surface area contributed by atoms with Gasteiger partial charge in [-0.3, -0.25) is 4.79 Å². The predicted molar refractivity (Wildman–Crippen MR) is 52.2 cm³/mol. The van der Waals surface area contributed by atoms with Crippen LogP contribution in [-0.4, -0.2) is 17.1 Å². The molecule has 88 valence electrons. The standard InChI is InChI=1S/C10H10F3NO2/c1-6(9(15)16)14-8-4-2-3-7(5-8)10(11,12)13/h2-6,14H,1H3,(H,15,16)/t6-/m1/s1. The Morgan fingerprint density at radius 3 is 2.56 bits per heavy atom. The minimum atomic E-state index is -4.43. The van der Waals surface area contributed by atoms with Crippen LogP contribution in [0.2, 0.25) is 0 Å². The van der Waals surface area contributed by atoms with Gasteiger partial charge in [-0.1, -0.05) is 6.07 Å². The number of hydrogen-bond acceptors (Lipinski definition) is 2. The van der Waals surface area contributed by atoms with Crippen LogP contribution in [0.4, 0.5) is 18.9 Å². The van der Waals surface area contributed by atoms with Gasteiger partial charge in [0.1, 0.15) is 6.04 Å². The van der Waals surface area contributed by atoms with Crippen molar-refractivity contribution in [3.05, 3.63) is 29.8 Å². The van der Waals surface area contributed by atoms with Gasteiger partial charge in [0.15, 0.2) is 0 Å². The van der Waals surface area contributed by atoms with Gasteiger partial charge >= 0.3 is 12.1 Å². The van der Waals surface area contributed by atoms with Gasteiger partial charge in [0.05, 0.1) is 5.56 Å². The lowest BCUT2D eigenvalue weighted by molar-refractivity contribution is -0.138. The van der Waals surface area contributed by atoms with E-state index in [0.29, 0.717) is 0 Å². The average molecular weight is 233 g/mol. The molecule has 0 unspecified atom stereocenters. The summed E-state index contributed by atoms with van der Waals surface area (Å²) in [5, 5.41) is 11.0. The number of anilines is 1. The first kappa shape index (κ1) is 12.4. The molecule has 6 heteroatoms. The van der Waals surface area contributed by atoms with Crippen molar-refractivity contribution in [3.8, 4) is 0 Å². The Kier molecular flexibility index (Phi) is 3.41. The van der Waals surface area contributed by atoms with Crippen molar-refractivity contribution in [2.45, 2.75) is 19.1 Å². The third kappa shape index (κ3) is 3.15. The summed E-state index contributed by atoms with van der Waals surface area (Å²) in [7, 11) is 0. The van der Waals surface area contributed by atoms with Gasteiger partial charge < -0.3 is 10.4 Å². The lowest BCUT2D eigenvalue weighted by atomic mass is 10.2. The maximum Gasteiger partial charge on any atom is 0.416 e. The summed E-state index contributed by atoms with van der Waals surface area (Å²) in [5.41, 5.74) is -0.681. The summed E-state index contributed by atoms with van der Waals surface area (Å²) in [6.07, 6.45) is -4.43. The minimum Gasteiger partial charge on any atom is -0.480 e. The molecule has 0 spiro atoms. The zero-order valence-corrected chi connectivity index (χ0v) is 8.38. The van der Waals surface area contributed by atoms with Gasteiger partial charge in [0, 0.05) is 5.69 Å². The van der Waals surface area contributed by atoms with Crippen LogP contribution in [0.1, 0.15) is 12.5 Å². The highest BCUT2D eigenvalue weighted by Crippen LogP contribution is 2.30. The monoisotopic (exact) mass is 233 g/mol. The molecule has 0 saturated carbocycles. The van der Waals surface area contributed by atoms with Gasteiger partial charge in [0.25, 0.3) is 0 Å². The van der Waals surface area contributed by atoms with E-state index in [0.717, 1.165) is 12.1 Å². The van der Waals surface area contributed by atoms with E-state index in [-0.39, 0.29) is 5.69 Å². The molecule has 0 saturated heterocycles. The third-order valence-corrected chi connectivity index (χ3v) is 1.94. The number of halogens is 3. The van der Waals surface area contributed by atoms with Crippen molar-refractivity contribution in [1.29, 1.82) is 0 Å². The van der Waals surface area contributed by atoms with Crippen LogP contribution in [0.25, 0.3) is 0 Å². The first-order valence-electron chi connectivity index (χ1n) is 4.47. The van der Waals surface area contributed by atoms with E-state index in [1.807, 2.05) is 0 Å². The normalized spacial score (nSPS) is 13.2. The lowest BCUT2D eigenvalue weighted by Crippen LogP contribution is -2.25. The van der Waals surface area contributed by atoms with Crippen LogP contribution in [-0.2, 0) is 11.0 Å². The second-order valence-corrected chi connectivity index (χ2v) is 3.28. The maximum atomic E-state index is 12.3. The summed E-state index contributed by atoms with van der Waals surface area (Å²) in [6.45, 7) is 1.35. The third-order valence-electron chi connectivity index (χ3n) is 1.94. The SMILES string of the molecule is C[C@@H](Nc1cccc(C(F)(F)F)c1)C(=O)O. The molecule has 2 N–H and O–H groups in total. The Morgan fingerprint density at radius 1 is 1.44 bits per heavy atom. The molecule has 0 aliphatic heterocycles. The van der Waals surface area contributed by atoms with Gasteiger partial charge in [-0.05, 0) is 25.1 Å². The van der Waals surface area contributed by atoms with Crippen molar-refractivity contribution >= 4 is 11.7 Å². The Hall–Kier alpha value is -1.72. The Morgan fingerprint density at radius 2 is 2.06 bits per heavy atom. The minimum absolute atomic E-state index is 0.129. The molecule has 1 rings (SSSR count). The smallest absolute Gasteiger partial charge is 0.416 e. The Balaban J connectivity index is 2.87. The molecule has 16 heavy (non-hydrogen) atoms. The predicted octanol–water partition coefficient (Wildman–Crippen LogP) is 2.59. The van der Waals surface area contributed by atoms with Crippen LogP contribution in [0.5, 0.6) is 0 Å². The van der Waals surface area contributed by atoms with Gasteiger partial charge in [-0.25, -0.2) is 0 Å². The molecule has 0 aromatic heterocycles. The van der Waals surface area contributed by atoms with E-state index in [9.17, 15) is 18.0 Å². The summed E-state index contributed by atoms with van der Waals surface area (Å²) in [5.74, 6) is -1.13. The van der Waals surface area contributed by atoms with Crippen LogP contribution >= 0.6 is 0 Å². The molecule has 0 heterocycles. The Bertz CT molecular complexity index is 390. The van der Waals surface area contributed by atoms with Gasteiger partial charge in [-0.2, -0.15) is 13.2 Å². The molecule has 3 nitrogen and oxygen atoms in total. The molecule has 1 atom stereocenters. The summed E-state index contributed by atoms with van der Waals surface area (Å²) < 4.78 is 37.0. The fourth-order valence-electron chi connectivity index (χ4n) is 1.10. The number of hydrogen-bond donors (Lipinski definition) is 2. The van der Waals surface area contributed by atoms with Crippen LogP contribution in [0, 0.1) is 0 Å². The highest BCUT2D eigenvalue weighted by atomic mass is 19.4. The fourth-order valence-corrected chi connectivity index (χ4v) is 1.10. The van der Waals surface area contributed by atoms with Crippen molar-refractivity contribution in [2.24, 2.45) is 0 Å². The van der Waals surface area contributed by atoms with E-state index in [2.05, 4.69) is 5.32 Å². The summed E-state index contributed by atoms with van der Waals surface area (Å²) in [6, 6.07) is 3.47. The average Bonchev–Trinajstić information content (AvgIpc) is 2.16. The largest absolute Gasteiger partial charge is 0.480 e. The number of alkyl halides is 3. The number of carbonyl (C=O) groups is 1. The molecule has 0 aliphatic carbocycles. The number of carboxylic acid groups (broad SMARTS) is 1. The highest BCUT2D eigenvalue weighted by Gasteiger charge is 2.30. The summed E-state index contributed by atoms with van der Waals surface area (Å²) >= 11 is 0. The van der Waals surface area contributed by atoms with Gasteiger partial charge in [-0.15, -0.1) is 0 Å². The van der Waals surface area contributed by atoms with Crippen LogP contribution in [0.15, 0.2) is 24.3 Å². The second-order valence-electron chi connectivity index (χ2n) is 3.28. The number of rotatable bonds is 3. The molecule has 0 amide bonds. The van der Waals surface area contributed by atoms with E-state index in [1.54, 1.807) is 0 Å². The number of carboxylic acids is 1. The van der Waals surface area contributed by atoms with Crippen LogP contribution in [0.3, 0.4) is 0 Å². The molecule has 0 fully saturated rings. The molecular formula is C10H10F3NO2. The first-order valence-corrected chi connectivity index (χ1v) is 4.47. The van der Waals surface area contributed by atoms with E-state index in [4.69, 9.17) is 5.11 Å². The van der Waals surface area contributed by atoms with Crippen molar-refractivity contribution in [2.75, 3.05) is 5.32 Å². The van der Waals surface area contributed by atoms with Crippen LogP contribution < -0.4 is 5.32 Å². The molecule has 0 radical (unpaired) electrons. The zero-order chi connectivity index (χ0) is 12.3. The zero-order valence-electron chi connectivity index (χ0n) is 8.38. The van der Waals surface area contributed by atoms with E-state index in [1.165, 1.54) is 19.1 Å². The maximum absolute atomic E-state index is 12.3. The molecule has 1 aromatic carbocycles. The number of nitrogens with one attached hydrogen (secondary N) is 1. The number of aliphatic carboxylic acids is 1. The lowest BCUT2D eigenvalue weighted by Gasteiger charge is -2.13. The Labute approximate surface area is 89.9 Å². The van der Waals surface area contributed by atoms with E-state index < -0.39 is 23.8 Å². The van der Waals surface area contributed by atoms with E-state index >= 15 is 0 Å². The van der Waals surface area contributed by atoms with Crippen molar-refractivity contribution in [3.63, 3.8) is 0 Å². The highest BCUT2D eigenvalue weighted by molar-refractivity contribution is 5.76. The van der Waals surface area contributed by atoms with Crippen molar-refractivity contribution < 1.29 is 23.1 Å². The topological polar surface area (TPSA) is 49.3 Å². The molecule has 0 aliphatic rings. The molecule has 1 aromatic rings. The quantitative estimate of drug-likeness (QED) is 0.843. The second kappa shape index (κ2) is 4.42. The number of benzene rings is 1. The summed E-state index contributed by atoms with van der Waals surface area (Å²) in [4.78, 5) is 10.5. The van der Waals surface area contributed by atoms with Gasteiger partial charge in [0.2, 0.25) is 0 Å². The van der Waals surface area contributed by atoms with Crippen molar-refractivity contribution in [1.82, 2.24) is 0 Å². The molecular weight excluding hydrogens is 223 g/mol. The fraction of sp³-hybridized carbons (Fsp3) is 0.300. The first-order chi connectivity index (χ1) is 7.30.